The quantitative estimate of drug-likeness (QED) is 0.652. The lowest BCUT2D eigenvalue weighted by molar-refractivity contribution is 0.479. The van der Waals surface area contributed by atoms with Crippen molar-refractivity contribution in [1.82, 2.24) is 0 Å². The second-order valence-electron chi connectivity index (χ2n) is 3.90. The van der Waals surface area contributed by atoms with Crippen molar-refractivity contribution in [2.45, 2.75) is 0 Å². The van der Waals surface area contributed by atoms with E-state index >= 15 is 0 Å². The highest BCUT2D eigenvalue weighted by atomic mass is 35.5. The van der Waals surface area contributed by atoms with E-state index in [9.17, 15) is 9.50 Å². The molecule has 0 aliphatic heterocycles. The fraction of sp³-hybridized carbons (Fsp3) is 0. The Morgan fingerprint density at radius 3 is 2.56 bits per heavy atom. The monoisotopic (exact) mass is 261 g/mol. The molecular weight excluding hydrogens is 251 g/mol. The molecule has 0 saturated heterocycles. The normalized spacial score (nSPS) is 11.0. The van der Waals surface area contributed by atoms with Crippen LogP contribution in [0.3, 0.4) is 0 Å². The molecule has 0 spiro atoms. The van der Waals surface area contributed by atoms with Gasteiger partial charge in [-0.25, -0.2) is 4.39 Å². The van der Waals surface area contributed by atoms with Gasteiger partial charge in [0.2, 0.25) is 0 Å². The topological polar surface area (TPSA) is 32.6 Å². The first-order chi connectivity index (χ1) is 8.56. The number of phenolic OH excluding ortho intramolecular Hbond substituents is 1. The smallest absolute Gasteiger partial charge is 0.144 e. The fourth-order valence-corrected chi connectivity index (χ4v) is 1.81. The molecule has 0 aliphatic carbocycles. The van der Waals surface area contributed by atoms with Gasteiger partial charge in [-0.05, 0) is 41.9 Å². The number of aliphatic imine (C=N–C) groups is 1. The maximum atomic E-state index is 12.7. The van der Waals surface area contributed by atoms with E-state index in [1.165, 1.54) is 18.3 Å². The molecular formula is C13H10BClFNO. The van der Waals surface area contributed by atoms with Crippen LogP contribution in [0.2, 0.25) is 5.02 Å². The summed E-state index contributed by atoms with van der Waals surface area (Å²) < 4.78 is 12.7. The van der Waals surface area contributed by atoms with Gasteiger partial charge in [-0.15, -0.1) is 0 Å². The number of benzene rings is 2. The van der Waals surface area contributed by atoms with E-state index in [0.29, 0.717) is 21.7 Å². The molecule has 2 nitrogen and oxygen atoms in total. The molecule has 2 aromatic carbocycles. The second kappa shape index (κ2) is 5.23. The fourth-order valence-electron chi connectivity index (χ4n) is 1.53. The first kappa shape index (κ1) is 12.6. The molecule has 0 atom stereocenters. The van der Waals surface area contributed by atoms with Crippen molar-refractivity contribution < 1.29 is 9.50 Å². The minimum Gasteiger partial charge on any atom is -0.508 e. The van der Waals surface area contributed by atoms with Gasteiger partial charge < -0.3 is 5.11 Å². The Morgan fingerprint density at radius 2 is 1.89 bits per heavy atom. The molecule has 5 heteroatoms. The molecule has 0 radical (unpaired) electrons. The van der Waals surface area contributed by atoms with E-state index in [2.05, 4.69) is 4.99 Å². The number of halogens is 2. The van der Waals surface area contributed by atoms with Crippen LogP contribution in [0.1, 0.15) is 5.56 Å². The van der Waals surface area contributed by atoms with Crippen molar-refractivity contribution in [3.63, 3.8) is 0 Å². The number of hydrogen-bond donors (Lipinski definition) is 1. The molecule has 1 N–H and O–H groups in total. The maximum absolute atomic E-state index is 12.7. The van der Waals surface area contributed by atoms with Crippen LogP contribution in [-0.4, -0.2) is 19.2 Å². The molecule has 0 saturated carbocycles. The predicted octanol–water partition coefficient (Wildman–Crippen LogP) is 2.19. The Balaban J connectivity index is 2.31. The molecule has 0 aliphatic rings. The van der Waals surface area contributed by atoms with Gasteiger partial charge in [0.25, 0.3) is 0 Å². The van der Waals surface area contributed by atoms with Crippen molar-refractivity contribution in [3.05, 3.63) is 52.8 Å². The summed E-state index contributed by atoms with van der Waals surface area (Å²) in [5, 5.41) is 10.4. The van der Waals surface area contributed by atoms with E-state index in [4.69, 9.17) is 11.6 Å². The van der Waals surface area contributed by atoms with Crippen molar-refractivity contribution in [3.8, 4) is 5.75 Å². The predicted molar refractivity (Wildman–Crippen MR) is 74.9 cm³/mol. The Bertz CT molecular complexity index is 599. The van der Waals surface area contributed by atoms with Crippen LogP contribution in [-0.2, 0) is 0 Å². The molecule has 0 bridgehead atoms. The average Bonchev–Trinajstić information content (AvgIpc) is 2.34. The second-order valence-corrected chi connectivity index (χ2v) is 4.33. The standard InChI is InChI=1S/C13H10BClFNO/c14-12-6-9(15)5-8(13(12)18)7-17-11-3-1-10(16)2-4-11/h1-7,18H,14H2/b17-7+. The van der Waals surface area contributed by atoms with E-state index in [1.807, 2.05) is 0 Å². The third-order valence-electron chi connectivity index (χ3n) is 2.47. The average molecular weight is 261 g/mol. The summed E-state index contributed by atoms with van der Waals surface area (Å²) in [5.41, 5.74) is 1.82. The molecule has 90 valence electrons. The van der Waals surface area contributed by atoms with Crippen molar-refractivity contribution >= 4 is 36.8 Å². The van der Waals surface area contributed by atoms with Gasteiger partial charge in [0, 0.05) is 16.8 Å². The van der Waals surface area contributed by atoms with Gasteiger partial charge in [0.05, 0.1) is 5.69 Å². The minimum atomic E-state index is -0.310. The van der Waals surface area contributed by atoms with Gasteiger partial charge in [-0.3, -0.25) is 4.99 Å². The Kier molecular flexibility index (Phi) is 3.67. The lowest BCUT2D eigenvalue weighted by Crippen LogP contribution is -2.04. The Labute approximate surface area is 110 Å². The van der Waals surface area contributed by atoms with E-state index in [0.717, 1.165) is 0 Å². The highest BCUT2D eigenvalue weighted by Gasteiger charge is 2.03. The summed E-state index contributed by atoms with van der Waals surface area (Å²) in [6, 6.07) is 9.06. The third kappa shape index (κ3) is 2.90. The van der Waals surface area contributed by atoms with Crippen LogP contribution in [0.25, 0.3) is 0 Å². The lowest BCUT2D eigenvalue weighted by atomic mass is 9.93. The molecule has 0 amide bonds. The summed E-state index contributed by atoms with van der Waals surface area (Å²) in [6.45, 7) is 0. The molecule has 2 rings (SSSR count). The molecule has 0 fully saturated rings. The number of nitrogens with zero attached hydrogens (tertiary/aromatic N) is 1. The largest absolute Gasteiger partial charge is 0.508 e. The first-order valence-corrected chi connectivity index (χ1v) is 5.73. The SMILES string of the molecule is Bc1cc(Cl)cc(/C=N/c2ccc(F)cc2)c1O. The van der Waals surface area contributed by atoms with E-state index in [1.54, 1.807) is 32.1 Å². The highest BCUT2D eigenvalue weighted by Crippen LogP contribution is 2.19. The number of phenols is 1. The minimum absolute atomic E-state index is 0.144. The van der Waals surface area contributed by atoms with Crippen molar-refractivity contribution in [1.29, 1.82) is 0 Å². The summed E-state index contributed by atoms with van der Waals surface area (Å²) in [5.74, 6) is -0.166. The van der Waals surface area contributed by atoms with Crippen molar-refractivity contribution in [2.24, 2.45) is 4.99 Å². The molecule has 0 unspecified atom stereocenters. The third-order valence-corrected chi connectivity index (χ3v) is 2.69. The van der Waals surface area contributed by atoms with Crippen LogP contribution < -0.4 is 5.46 Å². The highest BCUT2D eigenvalue weighted by molar-refractivity contribution is 6.38. The van der Waals surface area contributed by atoms with E-state index in [-0.39, 0.29) is 11.6 Å². The molecule has 0 heterocycles. The Morgan fingerprint density at radius 1 is 1.22 bits per heavy atom. The summed E-state index contributed by atoms with van der Waals surface area (Å²) in [4.78, 5) is 4.15. The summed E-state index contributed by atoms with van der Waals surface area (Å²) in [7, 11) is 1.76. The van der Waals surface area contributed by atoms with Crippen LogP contribution >= 0.6 is 11.6 Å². The van der Waals surface area contributed by atoms with Gasteiger partial charge in [0.15, 0.2) is 0 Å². The number of hydrogen-bond acceptors (Lipinski definition) is 2. The van der Waals surface area contributed by atoms with Crippen LogP contribution in [0.15, 0.2) is 41.4 Å². The zero-order chi connectivity index (χ0) is 13.1. The lowest BCUT2D eigenvalue weighted by Gasteiger charge is -2.03. The van der Waals surface area contributed by atoms with E-state index < -0.39 is 0 Å². The van der Waals surface area contributed by atoms with Crippen LogP contribution in [0, 0.1) is 5.82 Å². The Hall–Kier alpha value is -1.81. The van der Waals surface area contributed by atoms with Crippen molar-refractivity contribution in [2.75, 3.05) is 0 Å². The number of aromatic hydroxyl groups is 1. The van der Waals surface area contributed by atoms with Gasteiger partial charge in [-0.2, -0.15) is 0 Å². The van der Waals surface area contributed by atoms with Gasteiger partial charge >= 0.3 is 0 Å². The molecule has 18 heavy (non-hydrogen) atoms. The first-order valence-electron chi connectivity index (χ1n) is 5.35. The zero-order valence-corrected chi connectivity index (χ0v) is 10.4. The van der Waals surface area contributed by atoms with Gasteiger partial charge in [-0.1, -0.05) is 11.6 Å². The maximum Gasteiger partial charge on any atom is 0.144 e. The zero-order valence-electron chi connectivity index (χ0n) is 9.69. The molecule has 0 aromatic heterocycles. The van der Waals surface area contributed by atoms with Gasteiger partial charge in [0.1, 0.15) is 19.4 Å². The molecule has 2 aromatic rings. The summed E-state index contributed by atoms with van der Waals surface area (Å²) >= 11 is 5.90. The summed E-state index contributed by atoms with van der Waals surface area (Å²) in [6.07, 6.45) is 1.50. The van der Waals surface area contributed by atoms with Crippen LogP contribution in [0.5, 0.6) is 5.75 Å². The number of rotatable bonds is 2. The van der Waals surface area contributed by atoms with Crippen LogP contribution in [0.4, 0.5) is 10.1 Å².